The molecule has 0 saturated carbocycles. The molecule has 0 fully saturated rings. The maximum atomic E-state index is 12.6. The zero-order valence-electron chi connectivity index (χ0n) is 19.1. The molecule has 0 saturated heterocycles. The first-order valence-corrected chi connectivity index (χ1v) is 10.9. The molecule has 0 bridgehead atoms. The molecule has 0 radical (unpaired) electrons. The standard InChI is InChI=1S/C27H21N3O5/c1-16-7-8-17(2)20(13-16)28-24(31)15-35-27(32)18-9-10-19-21(14-18)30-26(23-6-4-12-34-23)25(29-19)22-5-3-11-33-22/h3-14H,15H2,1-2H3,(H,28,31). The molecule has 2 aromatic carbocycles. The Balaban J connectivity index is 1.37. The fraction of sp³-hybridized carbons (Fsp3) is 0.111. The number of hydrogen-bond acceptors (Lipinski definition) is 7. The lowest BCUT2D eigenvalue weighted by atomic mass is 10.1. The predicted molar refractivity (Wildman–Crippen MR) is 130 cm³/mol. The minimum atomic E-state index is -0.639. The summed E-state index contributed by atoms with van der Waals surface area (Å²) in [4.78, 5) is 34.3. The van der Waals surface area contributed by atoms with Crippen LogP contribution in [0.3, 0.4) is 0 Å². The maximum absolute atomic E-state index is 12.6. The highest BCUT2D eigenvalue weighted by Crippen LogP contribution is 2.31. The lowest BCUT2D eigenvalue weighted by molar-refractivity contribution is -0.119. The van der Waals surface area contributed by atoms with Gasteiger partial charge in [-0.2, -0.15) is 0 Å². The monoisotopic (exact) mass is 467 g/mol. The third kappa shape index (κ3) is 4.67. The summed E-state index contributed by atoms with van der Waals surface area (Å²) in [6, 6.07) is 17.7. The maximum Gasteiger partial charge on any atom is 0.338 e. The summed E-state index contributed by atoms with van der Waals surface area (Å²) in [5.74, 6) is 0.00124. The Hall–Kier alpha value is -4.72. The van der Waals surface area contributed by atoms with Crippen LogP contribution >= 0.6 is 0 Å². The molecule has 0 spiro atoms. The number of carbonyl (C=O) groups is 2. The van der Waals surface area contributed by atoms with Crippen molar-refractivity contribution in [3.05, 3.63) is 89.9 Å². The van der Waals surface area contributed by atoms with Gasteiger partial charge in [0.15, 0.2) is 18.1 Å². The van der Waals surface area contributed by atoms with Gasteiger partial charge in [0, 0.05) is 5.69 Å². The van der Waals surface area contributed by atoms with E-state index in [1.54, 1.807) is 55.0 Å². The number of nitrogens with zero attached hydrogens (tertiary/aromatic N) is 2. The summed E-state index contributed by atoms with van der Waals surface area (Å²) in [5, 5.41) is 2.77. The number of anilines is 1. The number of amides is 1. The molecular formula is C27H21N3O5. The summed E-state index contributed by atoms with van der Waals surface area (Å²) >= 11 is 0. The van der Waals surface area contributed by atoms with Gasteiger partial charge in [-0.05, 0) is 73.5 Å². The Morgan fingerprint density at radius 2 is 1.54 bits per heavy atom. The Bertz CT molecular complexity index is 1520. The van der Waals surface area contributed by atoms with E-state index < -0.39 is 18.5 Å². The van der Waals surface area contributed by atoms with Gasteiger partial charge in [0.1, 0.15) is 11.4 Å². The van der Waals surface area contributed by atoms with Crippen molar-refractivity contribution in [2.45, 2.75) is 13.8 Å². The van der Waals surface area contributed by atoms with Gasteiger partial charge in [-0.25, -0.2) is 14.8 Å². The lowest BCUT2D eigenvalue weighted by Crippen LogP contribution is -2.21. The first-order valence-electron chi connectivity index (χ1n) is 10.9. The van der Waals surface area contributed by atoms with Gasteiger partial charge >= 0.3 is 5.97 Å². The molecule has 1 N–H and O–H groups in total. The highest BCUT2D eigenvalue weighted by molar-refractivity contribution is 5.98. The van der Waals surface area contributed by atoms with Crippen LogP contribution in [0.15, 0.2) is 82.0 Å². The van der Waals surface area contributed by atoms with E-state index >= 15 is 0 Å². The normalized spacial score (nSPS) is 10.9. The van der Waals surface area contributed by atoms with E-state index in [-0.39, 0.29) is 5.56 Å². The topological polar surface area (TPSA) is 107 Å². The summed E-state index contributed by atoms with van der Waals surface area (Å²) in [6.07, 6.45) is 3.10. The molecule has 0 aliphatic heterocycles. The number of furan rings is 2. The number of aryl methyl sites for hydroxylation is 2. The number of benzene rings is 2. The minimum absolute atomic E-state index is 0.252. The fourth-order valence-corrected chi connectivity index (χ4v) is 3.62. The first kappa shape index (κ1) is 22.1. The Morgan fingerprint density at radius 3 is 2.20 bits per heavy atom. The molecule has 174 valence electrons. The molecule has 5 aromatic rings. The molecule has 0 aliphatic rings. The summed E-state index contributed by atoms with van der Waals surface area (Å²) < 4.78 is 16.3. The first-order chi connectivity index (χ1) is 17.0. The number of carbonyl (C=O) groups excluding carboxylic acids is 2. The zero-order chi connectivity index (χ0) is 24.4. The molecular weight excluding hydrogens is 446 g/mol. The van der Waals surface area contributed by atoms with Gasteiger partial charge in [-0.3, -0.25) is 4.79 Å². The predicted octanol–water partition coefficient (Wildman–Crippen LogP) is 5.56. The van der Waals surface area contributed by atoms with Crippen molar-refractivity contribution in [2.24, 2.45) is 0 Å². The van der Waals surface area contributed by atoms with Crippen LogP contribution in [0.2, 0.25) is 0 Å². The van der Waals surface area contributed by atoms with Crippen LogP contribution in [0, 0.1) is 13.8 Å². The quantitative estimate of drug-likeness (QED) is 0.326. The van der Waals surface area contributed by atoms with Crippen LogP contribution in [0.4, 0.5) is 5.69 Å². The fourth-order valence-electron chi connectivity index (χ4n) is 3.62. The second-order valence-electron chi connectivity index (χ2n) is 8.02. The van der Waals surface area contributed by atoms with Gasteiger partial charge in [0.05, 0.1) is 29.1 Å². The highest BCUT2D eigenvalue weighted by Gasteiger charge is 2.19. The van der Waals surface area contributed by atoms with Crippen molar-refractivity contribution in [3.63, 3.8) is 0 Å². The number of rotatable bonds is 6. The van der Waals surface area contributed by atoms with Crippen molar-refractivity contribution in [1.29, 1.82) is 0 Å². The average Bonchev–Trinajstić information content (AvgIpc) is 3.58. The highest BCUT2D eigenvalue weighted by atomic mass is 16.5. The van der Waals surface area contributed by atoms with E-state index in [0.717, 1.165) is 11.1 Å². The van der Waals surface area contributed by atoms with Crippen molar-refractivity contribution in [2.75, 3.05) is 11.9 Å². The summed E-state index contributed by atoms with van der Waals surface area (Å²) in [5.41, 5.74) is 4.92. The smallest absolute Gasteiger partial charge is 0.338 e. The molecule has 5 rings (SSSR count). The molecule has 8 heteroatoms. The van der Waals surface area contributed by atoms with Gasteiger partial charge in [0.2, 0.25) is 0 Å². The summed E-state index contributed by atoms with van der Waals surface area (Å²) in [6.45, 7) is 3.42. The second-order valence-corrected chi connectivity index (χ2v) is 8.02. The molecule has 3 aromatic heterocycles. The van der Waals surface area contributed by atoms with Crippen LogP contribution in [0.5, 0.6) is 0 Å². The van der Waals surface area contributed by atoms with Gasteiger partial charge in [-0.1, -0.05) is 12.1 Å². The van der Waals surface area contributed by atoms with Crippen LogP contribution in [0.1, 0.15) is 21.5 Å². The van der Waals surface area contributed by atoms with E-state index in [0.29, 0.717) is 39.6 Å². The molecule has 8 nitrogen and oxygen atoms in total. The number of ether oxygens (including phenoxy) is 1. The molecule has 3 heterocycles. The number of fused-ring (bicyclic) bond motifs is 1. The van der Waals surface area contributed by atoms with E-state index in [2.05, 4.69) is 15.3 Å². The Morgan fingerprint density at radius 1 is 0.857 bits per heavy atom. The van der Waals surface area contributed by atoms with Crippen LogP contribution in [-0.4, -0.2) is 28.5 Å². The minimum Gasteiger partial charge on any atom is -0.463 e. The molecule has 0 unspecified atom stereocenters. The van der Waals surface area contributed by atoms with Crippen LogP contribution < -0.4 is 5.32 Å². The second kappa shape index (κ2) is 9.26. The molecule has 0 aliphatic carbocycles. The van der Waals surface area contributed by atoms with Gasteiger partial charge in [0.25, 0.3) is 5.91 Å². The van der Waals surface area contributed by atoms with E-state index in [4.69, 9.17) is 13.6 Å². The summed E-state index contributed by atoms with van der Waals surface area (Å²) in [7, 11) is 0. The average molecular weight is 467 g/mol. The van der Waals surface area contributed by atoms with Gasteiger partial charge in [-0.15, -0.1) is 0 Å². The van der Waals surface area contributed by atoms with Crippen LogP contribution in [0.25, 0.3) is 33.9 Å². The number of aromatic nitrogens is 2. The number of hydrogen-bond donors (Lipinski definition) is 1. The van der Waals surface area contributed by atoms with Gasteiger partial charge < -0.3 is 18.9 Å². The SMILES string of the molecule is Cc1ccc(C)c(NC(=O)COC(=O)c2ccc3nc(-c4ccco4)c(-c4ccco4)nc3c2)c1. The van der Waals surface area contributed by atoms with Crippen molar-refractivity contribution in [3.8, 4) is 22.9 Å². The van der Waals surface area contributed by atoms with E-state index in [9.17, 15) is 9.59 Å². The van der Waals surface area contributed by atoms with E-state index in [1.807, 2.05) is 32.0 Å². The third-order valence-corrected chi connectivity index (χ3v) is 5.41. The number of esters is 1. The largest absolute Gasteiger partial charge is 0.463 e. The third-order valence-electron chi connectivity index (χ3n) is 5.41. The Labute approximate surface area is 200 Å². The number of nitrogens with one attached hydrogen (secondary N) is 1. The molecule has 0 atom stereocenters. The van der Waals surface area contributed by atoms with Crippen molar-refractivity contribution >= 4 is 28.6 Å². The van der Waals surface area contributed by atoms with Crippen molar-refractivity contribution < 1.29 is 23.2 Å². The lowest BCUT2D eigenvalue weighted by Gasteiger charge is -2.10. The van der Waals surface area contributed by atoms with E-state index in [1.165, 1.54) is 0 Å². The van der Waals surface area contributed by atoms with Crippen LogP contribution in [-0.2, 0) is 9.53 Å². The Kier molecular flexibility index (Phi) is 5.85. The molecule has 1 amide bonds. The molecule has 35 heavy (non-hydrogen) atoms. The zero-order valence-corrected chi connectivity index (χ0v) is 19.1. The van der Waals surface area contributed by atoms with Crippen molar-refractivity contribution in [1.82, 2.24) is 9.97 Å².